The number of sulfonamides is 1. The molecule has 0 aromatic carbocycles. The maximum absolute atomic E-state index is 12.6. The van der Waals surface area contributed by atoms with Crippen molar-refractivity contribution in [3.05, 3.63) is 30.6 Å². The third kappa shape index (κ3) is 3.46. The summed E-state index contributed by atoms with van der Waals surface area (Å²) in [5, 5.41) is 3.02. The van der Waals surface area contributed by atoms with E-state index in [-0.39, 0.29) is 6.04 Å². The molecule has 0 radical (unpaired) electrons. The van der Waals surface area contributed by atoms with Crippen molar-refractivity contribution in [2.75, 3.05) is 13.6 Å². The SMILES string of the molecule is C=CCN(C(C)C)S(=O)(=O)c1cc(CNC)n(C)c1. The highest BCUT2D eigenvalue weighted by Crippen LogP contribution is 2.20. The molecule has 0 saturated carbocycles. The van der Waals surface area contributed by atoms with Gasteiger partial charge >= 0.3 is 0 Å². The number of rotatable bonds is 7. The minimum absolute atomic E-state index is 0.101. The second-order valence-electron chi connectivity index (χ2n) is 4.77. The standard InChI is InChI=1S/C13H23N3O2S/c1-6-7-16(11(2)3)19(17,18)13-8-12(9-14-4)15(5)10-13/h6,8,10-11,14H,1,7,9H2,2-5H3. The molecule has 6 heteroatoms. The summed E-state index contributed by atoms with van der Waals surface area (Å²) in [6.45, 7) is 8.29. The van der Waals surface area contributed by atoms with Crippen molar-refractivity contribution in [1.82, 2.24) is 14.2 Å². The molecule has 0 aliphatic carbocycles. The fraction of sp³-hybridized carbons (Fsp3) is 0.538. The van der Waals surface area contributed by atoms with Crippen molar-refractivity contribution in [1.29, 1.82) is 0 Å². The molecule has 0 fully saturated rings. The zero-order valence-corrected chi connectivity index (χ0v) is 12.9. The first-order valence-electron chi connectivity index (χ1n) is 6.27. The van der Waals surface area contributed by atoms with Crippen molar-refractivity contribution in [2.45, 2.75) is 31.3 Å². The Labute approximate surface area is 116 Å². The first kappa shape index (κ1) is 15.9. The van der Waals surface area contributed by atoms with Gasteiger partial charge in [0.05, 0.1) is 0 Å². The van der Waals surface area contributed by atoms with Crippen LogP contribution in [-0.2, 0) is 23.6 Å². The second kappa shape index (κ2) is 6.36. The predicted octanol–water partition coefficient (Wildman–Crippen LogP) is 1.33. The van der Waals surface area contributed by atoms with Gasteiger partial charge in [-0.3, -0.25) is 0 Å². The van der Waals surface area contributed by atoms with Gasteiger partial charge in [0.1, 0.15) is 4.90 Å². The summed E-state index contributed by atoms with van der Waals surface area (Å²) in [4.78, 5) is 0.329. The molecule has 0 saturated heterocycles. The highest BCUT2D eigenvalue weighted by atomic mass is 32.2. The van der Waals surface area contributed by atoms with Gasteiger partial charge in [0, 0.05) is 38.1 Å². The highest BCUT2D eigenvalue weighted by molar-refractivity contribution is 7.89. The maximum atomic E-state index is 12.6. The fourth-order valence-electron chi connectivity index (χ4n) is 1.92. The van der Waals surface area contributed by atoms with Gasteiger partial charge in [0.15, 0.2) is 0 Å². The van der Waals surface area contributed by atoms with Crippen LogP contribution in [0.25, 0.3) is 0 Å². The Kier molecular flexibility index (Phi) is 5.34. The Bertz CT molecular complexity index is 532. The molecule has 0 unspecified atom stereocenters. The summed E-state index contributed by atoms with van der Waals surface area (Å²) in [6.07, 6.45) is 3.26. The number of hydrogen-bond donors (Lipinski definition) is 1. The van der Waals surface area contributed by atoms with Crippen LogP contribution in [0.2, 0.25) is 0 Å². The minimum atomic E-state index is -3.47. The summed E-state index contributed by atoms with van der Waals surface area (Å²) in [6, 6.07) is 1.61. The Morgan fingerprint density at radius 3 is 2.63 bits per heavy atom. The van der Waals surface area contributed by atoms with Crippen LogP contribution < -0.4 is 5.32 Å². The normalized spacial score (nSPS) is 12.3. The van der Waals surface area contributed by atoms with Crippen molar-refractivity contribution in [2.24, 2.45) is 7.05 Å². The largest absolute Gasteiger partial charge is 0.352 e. The van der Waals surface area contributed by atoms with Gasteiger partial charge in [0.25, 0.3) is 0 Å². The lowest BCUT2D eigenvalue weighted by Crippen LogP contribution is -2.36. The van der Waals surface area contributed by atoms with Gasteiger partial charge in [-0.1, -0.05) is 6.08 Å². The van der Waals surface area contributed by atoms with E-state index in [4.69, 9.17) is 0 Å². The molecule has 5 nitrogen and oxygen atoms in total. The number of nitrogens with zero attached hydrogens (tertiary/aromatic N) is 2. The average Bonchev–Trinajstić information content (AvgIpc) is 2.68. The van der Waals surface area contributed by atoms with E-state index in [9.17, 15) is 8.42 Å². The lowest BCUT2D eigenvalue weighted by atomic mass is 10.4. The van der Waals surface area contributed by atoms with Crippen LogP contribution in [0.4, 0.5) is 0 Å². The van der Waals surface area contributed by atoms with Gasteiger partial charge < -0.3 is 9.88 Å². The Balaban J connectivity index is 3.18. The van der Waals surface area contributed by atoms with Crippen LogP contribution in [0.1, 0.15) is 19.5 Å². The van der Waals surface area contributed by atoms with E-state index in [2.05, 4.69) is 11.9 Å². The summed E-state index contributed by atoms with van der Waals surface area (Å²) >= 11 is 0. The molecule has 108 valence electrons. The van der Waals surface area contributed by atoms with Gasteiger partial charge in [0.2, 0.25) is 10.0 Å². The topological polar surface area (TPSA) is 54.3 Å². The Morgan fingerprint density at radius 1 is 1.53 bits per heavy atom. The fourth-order valence-corrected chi connectivity index (χ4v) is 3.63. The molecule has 1 rings (SSSR count). The third-order valence-electron chi connectivity index (χ3n) is 2.93. The molecule has 0 aliphatic rings. The first-order valence-corrected chi connectivity index (χ1v) is 7.71. The van der Waals surface area contributed by atoms with Crippen LogP contribution in [0.5, 0.6) is 0 Å². The molecule has 0 bridgehead atoms. The zero-order chi connectivity index (χ0) is 14.6. The van der Waals surface area contributed by atoms with Gasteiger partial charge in [-0.25, -0.2) is 8.42 Å². The van der Waals surface area contributed by atoms with Gasteiger partial charge in [-0.05, 0) is 27.0 Å². The first-order chi connectivity index (χ1) is 8.84. The monoisotopic (exact) mass is 285 g/mol. The molecule has 19 heavy (non-hydrogen) atoms. The van der Waals surface area contributed by atoms with E-state index in [1.54, 1.807) is 18.3 Å². The minimum Gasteiger partial charge on any atom is -0.352 e. The highest BCUT2D eigenvalue weighted by Gasteiger charge is 2.27. The van der Waals surface area contributed by atoms with E-state index >= 15 is 0 Å². The van der Waals surface area contributed by atoms with Crippen molar-refractivity contribution >= 4 is 10.0 Å². The van der Waals surface area contributed by atoms with Crippen molar-refractivity contribution < 1.29 is 8.42 Å². The van der Waals surface area contributed by atoms with E-state index in [1.807, 2.05) is 32.5 Å². The molecule has 0 amide bonds. The summed E-state index contributed by atoms with van der Waals surface area (Å²) in [5.74, 6) is 0. The Morgan fingerprint density at radius 2 is 2.16 bits per heavy atom. The van der Waals surface area contributed by atoms with Crippen LogP contribution in [0.3, 0.4) is 0 Å². The Hall–Kier alpha value is -1.11. The quantitative estimate of drug-likeness (QED) is 0.769. The molecule has 0 aliphatic heterocycles. The second-order valence-corrected chi connectivity index (χ2v) is 6.66. The van der Waals surface area contributed by atoms with Crippen molar-refractivity contribution in [3.8, 4) is 0 Å². The average molecular weight is 285 g/mol. The summed E-state index contributed by atoms with van der Waals surface area (Å²) in [7, 11) is 0.210. The number of nitrogens with one attached hydrogen (secondary N) is 1. The van der Waals surface area contributed by atoms with Gasteiger partial charge in [-0.2, -0.15) is 4.31 Å². The molecule has 1 N–H and O–H groups in total. The third-order valence-corrected chi connectivity index (χ3v) is 4.94. The van der Waals surface area contributed by atoms with Crippen LogP contribution in [-0.4, -0.2) is 36.9 Å². The molecule has 1 aromatic heterocycles. The van der Waals surface area contributed by atoms with Crippen LogP contribution >= 0.6 is 0 Å². The summed E-state index contributed by atoms with van der Waals surface area (Å²) in [5.41, 5.74) is 0.934. The molecule has 1 heterocycles. The van der Waals surface area contributed by atoms with Crippen molar-refractivity contribution in [3.63, 3.8) is 0 Å². The molecule has 1 aromatic rings. The number of hydrogen-bond acceptors (Lipinski definition) is 3. The van der Waals surface area contributed by atoms with Crippen LogP contribution in [0, 0.1) is 0 Å². The smallest absolute Gasteiger partial charge is 0.245 e. The number of aromatic nitrogens is 1. The van der Waals surface area contributed by atoms with E-state index < -0.39 is 10.0 Å². The lowest BCUT2D eigenvalue weighted by Gasteiger charge is -2.23. The number of aryl methyl sites for hydroxylation is 1. The van der Waals surface area contributed by atoms with Crippen LogP contribution in [0.15, 0.2) is 29.8 Å². The van der Waals surface area contributed by atoms with E-state index in [0.29, 0.717) is 18.0 Å². The molecular formula is C13H23N3O2S. The lowest BCUT2D eigenvalue weighted by molar-refractivity contribution is 0.383. The molecule has 0 atom stereocenters. The molecular weight excluding hydrogens is 262 g/mol. The van der Waals surface area contributed by atoms with Gasteiger partial charge in [-0.15, -0.1) is 6.58 Å². The maximum Gasteiger partial charge on any atom is 0.245 e. The predicted molar refractivity (Wildman–Crippen MR) is 77.4 cm³/mol. The van der Waals surface area contributed by atoms with E-state index in [1.165, 1.54) is 4.31 Å². The summed E-state index contributed by atoms with van der Waals surface area (Å²) < 4.78 is 28.4. The van der Waals surface area contributed by atoms with E-state index in [0.717, 1.165) is 5.69 Å². The molecule has 0 spiro atoms. The zero-order valence-electron chi connectivity index (χ0n) is 12.0.